The molecule has 0 amide bonds. The van der Waals surface area contributed by atoms with Gasteiger partial charge in [0.05, 0.1) is 6.42 Å². The van der Waals surface area contributed by atoms with E-state index in [1.807, 2.05) is 11.8 Å². The molecule has 5 heteroatoms. The zero-order valence-electron chi connectivity index (χ0n) is 8.82. The molecule has 0 aromatic heterocycles. The first-order valence-corrected chi connectivity index (χ1v) is 4.93. The lowest BCUT2D eigenvalue weighted by Crippen LogP contribution is -2.34. The van der Waals surface area contributed by atoms with E-state index in [4.69, 9.17) is 0 Å². The van der Waals surface area contributed by atoms with Crippen LogP contribution in [0.3, 0.4) is 0 Å². The van der Waals surface area contributed by atoms with Crippen molar-refractivity contribution in [3.8, 4) is 0 Å². The molecule has 1 N–H and O–H groups in total. The number of likely N-dealkylation sites (N-methyl/N-ethyl adjacent to an activating group) is 1. The van der Waals surface area contributed by atoms with Gasteiger partial charge in [-0.2, -0.15) is 13.2 Å². The highest BCUT2D eigenvalue weighted by Crippen LogP contribution is 2.19. The van der Waals surface area contributed by atoms with Crippen LogP contribution in [0.15, 0.2) is 0 Å². The van der Waals surface area contributed by atoms with Crippen molar-refractivity contribution in [1.82, 2.24) is 10.2 Å². The minimum Gasteiger partial charge on any atom is -0.318 e. The van der Waals surface area contributed by atoms with Gasteiger partial charge in [-0.1, -0.05) is 6.92 Å². The highest BCUT2D eigenvalue weighted by Gasteiger charge is 2.27. The maximum Gasteiger partial charge on any atom is 0.390 e. The number of rotatable bonds is 7. The first-order chi connectivity index (χ1) is 6.49. The fourth-order valence-corrected chi connectivity index (χ4v) is 1.21. The normalized spacial score (nSPS) is 12.4. The van der Waals surface area contributed by atoms with Gasteiger partial charge >= 0.3 is 6.18 Å². The summed E-state index contributed by atoms with van der Waals surface area (Å²) in [5.74, 6) is 0. The molecule has 0 aliphatic rings. The maximum atomic E-state index is 11.9. The van der Waals surface area contributed by atoms with E-state index >= 15 is 0 Å². The fourth-order valence-electron chi connectivity index (χ4n) is 1.21. The average Bonchev–Trinajstić information content (AvgIpc) is 2.08. The molecule has 0 radical (unpaired) electrons. The third kappa shape index (κ3) is 8.31. The Morgan fingerprint density at radius 2 is 1.79 bits per heavy atom. The molecule has 0 spiro atoms. The summed E-state index contributed by atoms with van der Waals surface area (Å²) < 4.78 is 35.8. The average molecular weight is 212 g/mol. The minimum atomic E-state index is -4.04. The van der Waals surface area contributed by atoms with E-state index in [1.54, 1.807) is 7.05 Å². The second kappa shape index (κ2) is 7.06. The minimum absolute atomic E-state index is 0.110. The van der Waals surface area contributed by atoms with Crippen molar-refractivity contribution in [2.45, 2.75) is 25.9 Å². The summed E-state index contributed by atoms with van der Waals surface area (Å²) in [4.78, 5) is 1.84. The first-order valence-electron chi connectivity index (χ1n) is 4.93. The van der Waals surface area contributed by atoms with Crippen LogP contribution >= 0.6 is 0 Å². The molecule has 0 aliphatic heterocycles. The molecule has 0 rings (SSSR count). The van der Waals surface area contributed by atoms with E-state index in [9.17, 15) is 13.2 Å². The molecule has 0 fully saturated rings. The predicted molar refractivity (Wildman–Crippen MR) is 51.3 cm³/mol. The third-order valence-corrected chi connectivity index (χ3v) is 1.93. The Morgan fingerprint density at radius 3 is 2.21 bits per heavy atom. The summed E-state index contributed by atoms with van der Waals surface area (Å²) in [6.07, 6.45) is -3.86. The highest BCUT2D eigenvalue weighted by atomic mass is 19.4. The van der Waals surface area contributed by atoms with Gasteiger partial charge in [-0.05, 0) is 20.0 Å². The molecule has 0 aromatic rings. The zero-order chi connectivity index (χ0) is 11.0. The van der Waals surface area contributed by atoms with Crippen LogP contribution in [0, 0.1) is 0 Å². The SMILES string of the molecule is CCCN(CCNC)CCC(F)(F)F. The fraction of sp³-hybridized carbons (Fsp3) is 1.00. The lowest BCUT2D eigenvalue weighted by molar-refractivity contribution is -0.137. The lowest BCUT2D eigenvalue weighted by atomic mass is 10.3. The van der Waals surface area contributed by atoms with E-state index in [1.165, 1.54) is 0 Å². The second-order valence-electron chi connectivity index (χ2n) is 3.31. The number of nitrogens with zero attached hydrogens (tertiary/aromatic N) is 1. The van der Waals surface area contributed by atoms with Crippen LogP contribution in [0.4, 0.5) is 13.2 Å². The van der Waals surface area contributed by atoms with Crippen LogP contribution in [-0.2, 0) is 0 Å². The molecular formula is C9H19F3N2. The number of alkyl halides is 3. The lowest BCUT2D eigenvalue weighted by Gasteiger charge is -2.21. The third-order valence-electron chi connectivity index (χ3n) is 1.93. The van der Waals surface area contributed by atoms with Crippen molar-refractivity contribution in [1.29, 1.82) is 0 Å². The zero-order valence-corrected chi connectivity index (χ0v) is 8.82. The Balaban J connectivity index is 3.72. The van der Waals surface area contributed by atoms with E-state index in [2.05, 4.69) is 5.32 Å². The summed E-state index contributed by atoms with van der Waals surface area (Å²) in [6.45, 7) is 4.23. The van der Waals surface area contributed by atoms with Crippen LogP contribution in [0.5, 0.6) is 0 Å². The van der Waals surface area contributed by atoms with E-state index < -0.39 is 12.6 Å². The van der Waals surface area contributed by atoms with Crippen molar-refractivity contribution in [2.75, 3.05) is 33.2 Å². The smallest absolute Gasteiger partial charge is 0.318 e. The van der Waals surface area contributed by atoms with Crippen molar-refractivity contribution < 1.29 is 13.2 Å². The van der Waals surface area contributed by atoms with Crippen LogP contribution in [-0.4, -0.2) is 44.3 Å². The van der Waals surface area contributed by atoms with Gasteiger partial charge in [-0.15, -0.1) is 0 Å². The van der Waals surface area contributed by atoms with Crippen molar-refractivity contribution in [3.05, 3.63) is 0 Å². The molecule has 14 heavy (non-hydrogen) atoms. The standard InChI is InChI=1S/C9H19F3N2/c1-3-6-14(8-5-13-2)7-4-9(10,11)12/h13H,3-8H2,1-2H3. The summed E-state index contributed by atoms with van der Waals surface area (Å²) in [6, 6.07) is 0. The number of hydrogen-bond acceptors (Lipinski definition) is 2. The van der Waals surface area contributed by atoms with Gasteiger partial charge in [0.25, 0.3) is 0 Å². The quantitative estimate of drug-likeness (QED) is 0.693. The van der Waals surface area contributed by atoms with Gasteiger partial charge in [-0.3, -0.25) is 0 Å². The summed E-state index contributed by atoms with van der Waals surface area (Å²) in [7, 11) is 1.80. The highest BCUT2D eigenvalue weighted by molar-refractivity contribution is 4.61. The van der Waals surface area contributed by atoms with Crippen molar-refractivity contribution >= 4 is 0 Å². The van der Waals surface area contributed by atoms with Gasteiger partial charge in [0.2, 0.25) is 0 Å². The molecular weight excluding hydrogens is 193 g/mol. The monoisotopic (exact) mass is 212 g/mol. The molecule has 0 bridgehead atoms. The molecule has 86 valence electrons. The predicted octanol–water partition coefficient (Wildman–Crippen LogP) is 1.87. The molecule has 0 heterocycles. The van der Waals surface area contributed by atoms with Gasteiger partial charge in [0.1, 0.15) is 0 Å². The molecule has 0 saturated heterocycles. The number of hydrogen-bond donors (Lipinski definition) is 1. The van der Waals surface area contributed by atoms with Crippen molar-refractivity contribution in [2.24, 2.45) is 0 Å². The van der Waals surface area contributed by atoms with E-state index in [0.29, 0.717) is 6.54 Å². The van der Waals surface area contributed by atoms with Gasteiger partial charge in [-0.25, -0.2) is 0 Å². The maximum absolute atomic E-state index is 11.9. The summed E-state index contributed by atoms with van der Waals surface area (Å²) in [5.41, 5.74) is 0. The summed E-state index contributed by atoms with van der Waals surface area (Å²) >= 11 is 0. The van der Waals surface area contributed by atoms with Gasteiger partial charge in [0.15, 0.2) is 0 Å². The Kier molecular flexibility index (Phi) is 6.92. The van der Waals surface area contributed by atoms with Crippen LogP contribution < -0.4 is 5.32 Å². The number of nitrogens with one attached hydrogen (secondary N) is 1. The van der Waals surface area contributed by atoms with E-state index in [-0.39, 0.29) is 6.54 Å². The van der Waals surface area contributed by atoms with Crippen molar-refractivity contribution in [3.63, 3.8) is 0 Å². The molecule has 0 saturated carbocycles. The molecule has 0 aromatic carbocycles. The summed E-state index contributed by atoms with van der Waals surface area (Å²) in [5, 5.41) is 2.93. The molecule has 0 unspecified atom stereocenters. The van der Waals surface area contributed by atoms with Crippen LogP contribution in [0.1, 0.15) is 19.8 Å². The molecule has 2 nitrogen and oxygen atoms in total. The largest absolute Gasteiger partial charge is 0.390 e. The number of halogens is 3. The topological polar surface area (TPSA) is 15.3 Å². The van der Waals surface area contributed by atoms with Gasteiger partial charge < -0.3 is 10.2 Å². The first kappa shape index (κ1) is 13.7. The van der Waals surface area contributed by atoms with E-state index in [0.717, 1.165) is 19.5 Å². The molecule has 0 atom stereocenters. The van der Waals surface area contributed by atoms with Crippen LogP contribution in [0.25, 0.3) is 0 Å². The van der Waals surface area contributed by atoms with Gasteiger partial charge in [0, 0.05) is 19.6 Å². The Bertz CT molecular complexity index is 137. The Labute approximate surface area is 83.5 Å². The Hall–Kier alpha value is -0.290. The second-order valence-corrected chi connectivity index (χ2v) is 3.31. The molecule has 0 aliphatic carbocycles. The van der Waals surface area contributed by atoms with Crippen LogP contribution in [0.2, 0.25) is 0 Å². The Morgan fingerprint density at radius 1 is 1.14 bits per heavy atom.